The smallest absolute Gasteiger partial charge is 0.226 e. The summed E-state index contributed by atoms with van der Waals surface area (Å²) in [7, 11) is 0. The lowest BCUT2D eigenvalue weighted by Crippen LogP contribution is -2.57. The number of carbonyl (C=O) groups excluding carboxylic acids is 1. The van der Waals surface area contributed by atoms with Crippen molar-refractivity contribution in [3.05, 3.63) is 12.2 Å². The molecule has 15 heavy (non-hydrogen) atoms. The summed E-state index contributed by atoms with van der Waals surface area (Å²) in [6.45, 7) is 6.04. The standard InChI is InChI=1S/C12H20N2O/c1-9-8-14(10(2)7-13-9)12(15)11-5-3-4-6-11/h3-4,9-11,13H,5-8H2,1-2H3. The van der Waals surface area contributed by atoms with Gasteiger partial charge in [-0.1, -0.05) is 12.2 Å². The Labute approximate surface area is 91.5 Å². The van der Waals surface area contributed by atoms with Gasteiger partial charge >= 0.3 is 0 Å². The molecule has 2 aliphatic rings. The predicted octanol–water partition coefficient (Wildman–Crippen LogP) is 1.16. The molecule has 0 bridgehead atoms. The van der Waals surface area contributed by atoms with Crippen LogP contribution in [0.2, 0.25) is 0 Å². The van der Waals surface area contributed by atoms with Crippen LogP contribution >= 0.6 is 0 Å². The molecule has 1 amide bonds. The number of amides is 1. The van der Waals surface area contributed by atoms with Crippen LogP contribution in [0.15, 0.2) is 12.2 Å². The molecule has 1 aliphatic carbocycles. The lowest BCUT2D eigenvalue weighted by atomic mass is 10.0. The summed E-state index contributed by atoms with van der Waals surface area (Å²) in [6, 6.07) is 0.772. The number of nitrogens with zero attached hydrogens (tertiary/aromatic N) is 1. The molecule has 1 fully saturated rings. The molecule has 2 rings (SSSR count). The number of nitrogens with one attached hydrogen (secondary N) is 1. The molecule has 1 heterocycles. The molecule has 1 N–H and O–H groups in total. The number of rotatable bonds is 1. The van der Waals surface area contributed by atoms with Crippen LogP contribution in [0, 0.1) is 5.92 Å². The maximum absolute atomic E-state index is 12.2. The van der Waals surface area contributed by atoms with E-state index >= 15 is 0 Å². The van der Waals surface area contributed by atoms with E-state index in [1.807, 2.05) is 0 Å². The van der Waals surface area contributed by atoms with E-state index in [2.05, 4.69) is 36.2 Å². The molecule has 2 unspecified atom stereocenters. The number of allylic oxidation sites excluding steroid dienone is 2. The minimum absolute atomic E-state index is 0.220. The normalized spacial score (nSPS) is 32.3. The first-order valence-electron chi connectivity index (χ1n) is 5.87. The summed E-state index contributed by atoms with van der Waals surface area (Å²) >= 11 is 0. The van der Waals surface area contributed by atoms with Gasteiger partial charge in [-0.15, -0.1) is 0 Å². The molecular weight excluding hydrogens is 188 g/mol. The van der Waals surface area contributed by atoms with Crippen LogP contribution in [0.5, 0.6) is 0 Å². The average Bonchev–Trinajstić information content (AvgIpc) is 2.74. The van der Waals surface area contributed by atoms with Gasteiger partial charge in [-0.25, -0.2) is 0 Å². The summed E-state index contributed by atoms with van der Waals surface area (Å²) in [5.74, 6) is 0.568. The minimum atomic E-state index is 0.220. The Morgan fingerprint density at radius 3 is 2.67 bits per heavy atom. The van der Waals surface area contributed by atoms with Gasteiger partial charge in [0.05, 0.1) is 0 Å². The Bertz CT molecular complexity index is 267. The second-order valence-corrected chi connectivity index (χ2v) is 4.79. The van der Waals surface area contributed by atoms with E-state index in [4.69, 9.17) is 0 Å². The van der Waals surface area contributed by atoms with E-state index in [-0.39, 0.29) is 5.92 Å². The fourth-order valence-corrected chi connectivity index (χ4v) is 2.38. The second kappa shape index (κ2) is 4.35. The molecule has 0 aromatic carbocycles. The SMILES string of the molecule is CC1CN(C(=O)C2CC=CC2)C(C)CN1. The first-order valence-corrected chi connectivity index (χ1v) is 5.87. The van der Waals surface area contributed by atoms with Crippen molar-refractivity contribution in [3.8, 4) is 0 Å². The van der Waals surface area contributed by atoms with Crippen molar-refractivity contribution in [2.75, 3.05) is 13.1 Å². The zero-order chi connectivity index (χ0) is 10.8. The summed E-state index contributed by atoms with van der Waals surface area (Å²) in [6.07, 6.45) is 6.12. The van der Waals surface area contributed by atoms with Crippen LogP contribution in [0.4, 0.5) is 0 Å². The minimum Gasteiger partial charge on any atom is -0.337 e. The van der Waals surface area contributed by atoms with Crippen molar-refractivity contribution < 1.29 is 4.79 Å². The third kappa shape index (κ3) is 2.23. The largest absolute Gasteiger partial charge is 0.337 e. The molecule has 0 spiro atoms. The highest BCUT2D eigenvalue weighted by atomic mass is 16.2. The van der Waals surface area contributed by atoms with E-state index in [1.54, 1.807) is 0 Å². The lowest BCUT2D eigenvalue weighted by Gasteiger charge is -2.39. The van der Waals surface area contributed by atoms with Crippen molar-refractivity contribution in [3.63, 3.8) is 0 Å². The fourth-order valence-electron chi connectivity index (χ4n) is 2.38. The van der Waals surface area contributed by atoms with Gasteiger partial charge in [0.1, 0.15) is 0 Å². The van der Waals surface area contributed by atoms with Gasteiger partial charge in [-0.3, -0.25) is 4.79 Å². The summed E-state index contributed by atoms with van der Waals surface area (Å²) in [5, 5.41) is 3.40. The Balaban J connectivity index is 1.98. The van der Waals surface area contributed by atoms with Crippen LogP contribution in [0.1, 0.15) is 26.7 Å². The predicted molar refractivity (Wildman–Crippen MR) is 60.5 cm³/mol. The van der Waals surface area contributed by atoms with E-state index in [0.717, 1.165) is 25.9 Å². The maximum Gasteiger partial charge on any atom is 0.226 e. The molecule has 1 aliphatic heterocycles. The Hall–Kier alpha value is -0.830. The van der Waals surface area contributed by atoms with E-state index < -0.39 is 0 Å². The van der Waals surface area contributed by atoms with Gasteiger partial charge in [0.15, 0.2) is 0 Å². The van der Waals surface area contributed by atoms with Gasteiger partial charge in [-0.2, -0.15) is 0 Å². The third-order valence-electron chi connectivity index (χ3n) is 3.40. The van der Waals surface area contributed by atoms with E-state index in [0.29, 0.717) is 18.0 Å². The van der Waals surface area contributed by atoms with Crippen molar-refractivity contribution in [1.29, 1.82) is 0 Å². The van der Waals surface area contributed by atoms with Crippen molar-refractivity contribution in [2.24, 2.45) is 5.92 Å². The average molecular weight is 208 g/mol. The third-order valence-corrected chi connectivity index (χ3v) is 3.40. The van der Waals surface area contributed by atoms with Crippen LogP contribution in [-0.4, -0.2) is 36.0 Å². The number of piperazine rings is 1. The van der Waals surface area contributed by atoms with Crippen molar-refractivity contribution >= 4 is 5.91 Å². The highest BCUT2D eigenvalue weighted by molar-refractivity contribution is 5.80. The Kier molecular flexibility index (Phi) is 3.10. The van der Waals surface area contributed by atoms with Crippen molar-refractivity contribution in [2.45, 2.75) is 38.8 Å². The number of carbonyl (C=O) groups is 1. The maximum atomic E-state index is 12.2. The fraction of sp³-hybridized carbons (Fsp3) is 0.750. The molecule has 3 heteroatoms. The number of hydrogen-bond donors (Lipinski definition) is 1. The summed E-state index contributed by atoms with van der Waals surface area (Å²) in [4.78, 5) is 14.3. The van der Waals surface area contributed by atoms with Crippen LogP contribution < -0.4 is 5.32 Å². The van der Waals surface area contributed by atoms with E-state index in [9.17, 15) is 4.79 Å². The molecule has 0 saturated carbocycles. The Morgan fingerprint density at radius 1 is 1.33 bits per heavy atom. The highest BCUT2D eigenvalue weighted by Gasteiger charge is 2.31. The quantitative estimate of drug-likeness (QED) is 0.656. The van der Waals surface area contributed by atoms with Gasteiger partial charge in [-0.05, 0) is 26.7 Å². The molecule has 3 nitrogen and oxygen atoms in total. The summed E-state index contributed by atoms with van der Waals surface area (Å²) < 4.78 is 0. The molecule has 0 aromatic rings. The van der Waals surface area contributed by atoms with Gasteiger partial charge < -0.3 is 10.2 Å². The van der Waals surface area contributed by atoms with Crippen LogP contribution in [0.25, 0.3) is 0 Å². The van der Waals surface area contributed by atoms with Gasteiger partial charge in [0.25, 0.3) is 0 Å². The molecule has 0 aromatic heterocycles. The first kappa shape index (κ1) is 10.7. The van der Waals surface area contributed by atoms with Crippen LogP contribution in [0.3, 0.4) is 0 Å². The van der Waals surface area contributed by atoms with E-state index in [1.165, 1.54) is 0 Å². The zero-order valence-electron chi connectivity index (χ0n) is 9.57. The monoisotopic (exact) mass is 208 g/mol. The first-order chi connectivity index (χ1) is 7.18. The van der Waals surface area contributed by atoms with Crippen LogP contribution in [-0.2, 0) is 4.79 Å². The molecular formula is C12H20N2O. The molecule has 0 radical (unpaired) electrons. The topological polar surface area (TPSA) is 32.3 Å². The Morgan fingerprint density at radius 2 is 2.00 bits per heavy atom. The van der Waals surface area contributed by atoms with Crippen molar-refractivity contribution in [1.82, 2.24) is 10.2 Å². The lowest BCUT2D eigenvalue weighted by molar-refractivity contribution is -0.138. The number of hydrogen-bond acceptors (Lipinski definition) is 2. The molecule has 84 valence electrons. The molecule has 2 atom stereocenters. The second-order valence-electron chi connectivity index (χ2n) is 4.79. The summed E-state index contributed by atoms with van der Waals surface area (Å²) in [5.41, 5.74) is 0. The van der Waals surface area contributed by atoms with Gasteiger partial charge in [0, 0.05) is 31.1 Å². The molecule has 1 saturated heterocycles. The van der Waals surface area contributed by atoms with Gasteiger partial charge in [0.2, 0.25) is 5.91 Å². The zero-order valence-corrected chi connectivity index (χ0v) is 9.57. The highest BCUT2D eigenvalue weighted by Crippen LogP contribution is 2.22.